The molecular formula is C14H18Cl2FNO. The lowest BCUT2D eigenvalue weighted by Crippen LogP contribution is -2.44. The van der Waals surface area contributed by atoms with E-state index in [0.29, 0.717) is 12.3 Å². The van der Waals surface area contributed by atoms with E-state index in [4.69, 9.17) is 23.2 Å². The predicted molar refractivity (Wildman–Crippen MR) is 77.5 cm³/mol. The maximum Gasteiger partial charge on any atom is 0.251 e. The molecule has 106 valence electrons. The van der Waals surface area contributed by atoms with Crippen LogP contribution in [0.4, 0.5) is 4.39 Å². The van der Waals surface area contributed by atoms with E-state index in [1.807, 2.05) is 20.8 Å². The molecule has 1 atom stereocenters. The first kappa shape index (κ1) is 16.3. The third-order valence-corrected chi connectivity index (χ3v) is 3.46. The largest absolute Gasteiger partial charge is 0.349 e. The van der Waals surface area contributed by atoms with Gasteiger partial charge in [0.1, 0.15) is 5.82 Å². The monoisotopic (exact) mass is 305 g/mol. The zero-order valence-electron chi connectivity index (χ0n) is 11.3. The third-order valence-electron chi connectivity index (χ3n) is 2.93. The molecule has 0 fully saturated rings. The fraction of sp³-hybridized carbons (Fsp3) is 0.500. The minimum absolute atomic E-state index is 0.00433. The van der Waals surface area contributed by atoms with Gasteiger partial charge in [0.2, 0.25) is 0 Å². The minimum Gasteiger partial charge on any atom is -0.349 e. The summed E-state index contributed by atoms with van der Waals surface area (Å²) in [6.07, 6.45) is 0.660. The molecule has 1 rings (SSSR count). The number of carbonyl (C=O) groups excluding carboxylic acids is 1. The highest BCUT2D eigenvalue weighted by Crippen LogP contribution is 2.23. The van der Waals surface area contributed by atoms with Crippen LogP contribution in [0, 0.1) is 11.2 Å². The van der Waals surface area contributed by atoms with Gasteiger partial charge in [-0.05, 0) is 30.0 Å². The molecule has 1 amide bonds. The van der Waals surface area contributed by atoms with Crippen molar-refractivity contribution in [2.24, 2.45) is 5.41 Å². The molecule has 2 nitrogen and oxygen atoms in total. The molecule has 1 unspecified atom stereocenters. The van der Waals surface area contributed by atoms with Crippen LogP contribution in [-0.4, -0.2) is 17.8 Å². The first-order valence-electron chi connectivity index (χ1n) is 6.07. The van der Waals surface area contributed by atoms with E-state index in [0.717, 1.165) is 6.07 Å². The first-order valence-corrected chi connectivity index (χ1v) is 6.99. The van der Waals surface area contributed by atoms with Gasteiger partial charge in [-0.25, -0.2) is 4.39 Å². The van der Waals surface area contributed by atoms with E-state index >= 15 is 0 Å². The van der Waals surface area contributed by atoms with Crippen LogP contribution >= 0.6 is 23.2 Å². The van der Waals surface area contributed by atoms with Crippen molar-refractivity contribution < 1.29 is 9.18 Å². The average Bonchev–Trinajstić information content (AvgIpc) is 2.30. The van der Waals surface area contributed by atoms with E-state index in [-0.39, 0.29) is 28.0 Å². The summed E-state index contributed by atoms with van der Waals surface area (Å²) in [6.45, 7) is 6.06. The van der Waals surface area contributed by atoms with Crippen molar-refractivity contribution in [3.8, 4) is 0 Å². The Morgan fingerprint density at radius 3 is 2.53 bits per heavy atom. The zero-order valence-corrected chi connectivity index (χ0v) is 12.8. The Bertz CT molecular complexity index is 457. The number of carbonyl (C=O) groups is 1. The third kappa shape index (κ3) is 4.66. The van der Waals surface area contributed by atoms with Crippen molar-refractivity contribution >= 4 is 29.1 Å². The van der Waals surface area contributed by atoms with E-state index in [2.05, 4.69) is 5.32 Å². The van der Waals surface area contributed by atoms with Crippen molar-refractivity contribution in [2.45, 2.75) is 33.2 Å². The van der Waals surface area contributed by atoms with Crippen LogP contribution in [0.15, 0.2) is 18.2 Å². The van der Waals surface area contributed by atoms with Crippen LogP contribution in [0.2, 0.25) is 5.02 Å². The predicted octanol–water partition coefficient (Wildman–Crippen LogP) is 4.25. The van der Waals surface area contributed by atoms with Crippen LogP contribution in [0.25, 0.3) is 0 Å². The van der Waals surface area contributed by atoms with Crippen molar-refractivity contribution in [1.82, 2.24) is 5.32 Å². The van der Waals surface area contributed by atoms with Gasteiger partial charge in [0.25, 0.3) is 5.91 Å². The van der Waals surface area contributed by atoms with Gasteiger partial charge in [-0.2, -0.15) is 0 Å². The number of benzene rings is 1. The molecule has 0 bridgehead atoms. The molecule has 1 aromatic rings. The summed E-state index contributed by atoms with van der Waals surface area (Å²) >= 11 is 11.3. The highest BCUT2D eigenvalue weighted by molar-refractivity contribution is 6.30. The van der Waals surface area contributed by atoms with Gasteiger partial charge in [0, 0.05) is 17.5 Å². The number of alkyl halides is 1. The number of hydrogen-bond donors (Lipinski definition) is 1. The molecule has 1 aromatic carbocycles. The van der Waals surface area contributed by atoms with Gasteiger partial charge in [-0.1, -0.05) is 32.4 Å². The van der Waals surface area contributed by atoms with E-state index < -0.39 is 5.82 Å². The van der Waals surface area contributed by atoms with Crippen molar-refractivity contribution in [1.29, 1.82) is 0 Å². The van der Waals surface area contributed by atoms with Crippen LogP contribution in [0.1, 0.15) is 37.6 Å². The lowest BCUT2D eigenvalue weighted by Gasteiger charge is -2.31. The summed E-state index contributed by atoms with van der Waals surface area (Å²) < 4.78 is 13.3. The highest BCUT2D eigenvalue weighted by atomic mass is 35.5. The zero-order chi connectivity index (χ0) is 14.6. The highest BCUT2D eigenvalue weighted by Gasteiger charge is 2.26. The van der Waals surface area contributed by atoms with Crippen LogP contribution in [0.5, 0.6) is 0 Å². The second-order valence-corrected chi connectivity index (χ2v) is 6.28. The fourth-order valence-electron chi connectivity index (χ4n) is 1.71. The first-order chi connectivity index (χ1) is 8.75. The molecule has 0 aliphatic heterocycles. The summed E-state index contributed by atoms with van der Waals surface area (Å²) in [4.78, 5) is 12.1. The Hall–Kier alpha value is -0.800. The molecule has 0 saturated heterocycles. The molecule has 0 aliphatic carbocycles. The second-order valence-electron chi connectivity index (χ2n) is 5.50. The summed E-state index contributed by atoms with van der Waals surface area (Å²) in [5.41, 5.74) is 0.140. The maximum atomic E-state index is 13.3. The molecule has 0 aromatic heterocycles. The molecule has 0 aliphatic rings. The van der Waals surface area contributed by atoms with Crippen molar-refractivity contribution in [2.75, 3.05) is 5.88 Å². The number of halogens is 3. The van der Waals surface area contributed by atoms with Gasteiger partial charge in [-0.3, -0.25) is 4.79 Å². The van der Waals surface area contributed by atoms with Crippen molar-refractivity contribution in [3.05, 3.63) is 34.6 Å². The van der Waals surface area contributed by atoms with Crippen molar-refractivity contribution in [3.63, 3.8) is 0 Å². The number of nitrogens with one attached hydrogen (secondary N) is 1. The van der Waals surface area contributed by atoms with Crippen LogP contribution in [-0.2, 0) is 0 Å². The number of hydrogen-bond acceptors (Lipinski definition) is 1. The van der Waals surface area contributed by atoms with Gasteiger partial charge in [-0.15, -0.1) is 11.6 Å². The van der Waals surface area contributed by atoms with Gasteiger partial charge >= 0.3 is 0 Å². The Balaban J connectivity index is 2.84. The maximum absolute atomic E-state index is 13.3. The second kappa shape index (κ2) is 6.58. The topological polar surface area (TPSA) is 29.1 Å². The molecular weight excluding hydrogens is 288 g/mol. The normalized spacial score (nSPS) is 13.2. The van der Waals surface area contributed by atoms with Crippen LogP contribution in [0.3, 0.4) is 0 Å². The number of amides is 1. The lowest BCUT2D eigenvalue weighted by molar-refractivity contribution is 0.0900. The Morgan fingerprint density at radius 2 is 2.05 bits per heavy atom. The fourth-order valence-corrected chi connectivity index (χ4v) is 2.05. The minimum atomic E-state index is -0.598. The lowest BCUT2D eigenvalue weighted by atomic mass is 9.85. The molecule has 0 heterocycles. The average molecular weight is 306 g/mol. The molecule has 1 N–H and O–H groups in total. The van der Waals surface area contributed by atoms with E-state index in [1.54, 1.807) is 0 Å². The summed E-state index contributed by atoms with van der Waals surface area (Å²) in [5.74, 6) is -0.462. The molecule has 5 heteroatoms. The summed E-state index contributed by atoms with van der Waals surface area (Å²) in [5, 5.41) is 2.89. The summed E-state index contributed by atoms with van der Waals surface area (Å²) in [6, 6.07) is 3.94. The molecule has 0 radical (unpaired) electrons. The van der Waals surface area contributed by atoms with Gasteiger partial charge in [0.05, 0.1) is 5.02 Å². The Labute approximate surface area is 123 Å². The van der Waals surface area contributed by atoms with E-state index in [9.17, 15) is 9.18 Å². The standard InChI is InChI=1S/C14H18Cl2FNO/c1-14(2,3)12(6-7-15)18-13(19)9-4-5-10(16)11(17)8-9/h4-5,8,12H,6-7H2,1-3H3,(H,18,19). The quantitative estimate of drug-likeness (QED) is 0.828. The smallest absolute Gasteiger partial charge is 0.251 e. The molecule has 19 heavy (non-hydrogen) atoms. The van der Waals surface area contributed by atoms with Gasteiger partial charge < -0.3 is 5.32 Å². The SMILES string of the molecule is CC(C)(C)C(CCCl)NC(=O)c1ccc(Cl)c(F)c1. The van der Waals surface area contributed by atoms with Crippen LogP contribution < -0.4 is 5.32 Å². The number of rotatable bonds is 4. The Morgan fingerprint density at radius 1 is 1.42 bits per heavy atom. The molecule has 0 saturated carbocycles. The summed E-state index contributed by atoms with van der Waals surface area (Å²) in [7, 11) is 0. The molecule has 0 spiro atoms. The van der Waals surface area contributed by atoms with E-state index in [1.165, 1.54) is 12.1 Å². The Kier molecular flexibility index (Phi) is 5.63. The van der Waals surface area contributed by atoms with Gasteiger partial charge in [0.15, 0.2) is 0 Å².